The number of nitrogens with one attached hydrogen (secondary N) is 1. The molecule has 0 spiro atoms. The average Bonchev–Trinajstić information content (AvgIpc) is 2.57. The van der Waals surface area contributed by atoms with Crippen LogP contribution in [0.3, 0.4) is 0 Å². The molecule has 0 aromatic heterocycles. The largest absolute Gasteiger partial charge is 0.395 e. The Hall–Kier alpha value is -1.74. The highest BCUT2D eigenvalue weighted by molar-refractivity contribution is 6.33. The number of benzene rings is 1. The fourth-order valence-corrected chi connectivity index (χ4v) is 2.81. The van der Waals surface area contributed by atoms with Gasteiger partial charge in [-0.1, -0.05) is 11.6 Å². The summed E-state index contributed by atoms with van der Waals surface area (Å²) in [7, 11) is 0. The smallest absolute Gasteiger partial charge is 0.271 e. The van der Waals surface area contributed by atoms with Gasteiger partial charge in [-0.25, -0.2) is 0 Å². The van der Waals surface area contributed by atoms with Crippen molar-refractivity contribution in [2.75, 3.05) is 44.6 Å². The number of nitro benzene ring substituents is 1. The van der Waals surface area contributed by atoms with Crippen molar-refractivity contribution in [1.82, 2.24) is 9.80 Å². The second kappa shape index (κ2) is 8.39. The topological polar surface area (TPSA) is 98.9 Å². The molecule has 1 aromatic carbocycles. The first kappa shape index (κ1) is 18.6. The molecular formula is C15H21ClN4O4. The Morgan fingerprint density at radius 3 is 2.67 bits per heavy atom. The Morgan fingerprint density at radius 1 is 1.42 bits per heavy atom. The van der Waals surface area contributed by atoms with Crippen LogP contribution in [-0.4, -0.2) is 71.1 Å². The third-order valence-electron chi connectivity index (χ3n) is 4.17. The van der Waals surface area contributed by atoms with Crippen molar-refractivity contribution in [3.05, 3.63) is 33.3 Å². The monoisotopic (exact) mass is 356 g/mol. The SMILES string of the molecule is CC(C(=O)Nc1cc([N+](=O)[O-])ccc1Cl)N1CCN(CCO)CC1. The third-order valence-corrected chi connectivity index (χ3v) is 4.50. The number of hydrogen-bond donors (Lipinski definition) is 2. The van der Waals surface area contributed by atoms with E-state index in [4.69, 9.17) is 16.7 Å². The van der Waals surface area contributed by atoms with E-state index in [-0.39, 0.29) is 35.0 Å². The molecule has 0 saturated carbocycles. The number of piperazine rings is 1. The van der Waals surface area contributed by atoms with Gasteiger partial charge in [-0.2, -0.15) is 0 Å². The maximum atomic E-state index is 12.4. The lowest BCUT2D eigenvalue weighted by atomic mass is 10.2. The van der Waals surface area contributed by atoms with Crippen LogP contribution >= 0.6 is 11.6 Å². The number of nitro groups is 1. The normalized spacial score (nSPS) is 17.5. The molecule has 24 heavy (non-hydrogen) atoms. The summed E-state index contributed by atoms with van der Waals surface area (Å²) >= 11 is 6.01. The van der Waals surface area contributed by atoms with Crippen LogP contribution in [0.25, 0.3) is 0 Å². The van der Waals surface area contributed by atoms with Gasteiger partial charge in [-0.3, -0.25) is 24.7 Å². The van der Waals surface area contributed by atoms with Gasteiger partial charge in [0.15, 0.2) is 0 Å². The van der Waals surface area contributed by atoms with E-state index in [1.165, 1.54) is 18.2 Å². The maximum absolute atomic E-state index is 12.4. The highest BCUT2D eigenvalue weighted by Crippen LogP contribution is 2.27. The molecule has 0 aliphatic carbocycles. The van der Waals surface area contributed by atoms with E-state index < -0.39 is 4.92 Å². The quantitative estimate of drug-likeness (QED) is 0.586. The number of carbonyl (C=O) groups is 1. The van der Waals surface area contributed by atoms with Crippen molar-refractivity contribution in [3.63, 3.8) is 0 Å². The summed E-state index contributed by atoms with van der Waals surface area (Å²) in [5, 5.41) is 22.7. The van der Waals surface area contributed by atoms with Gasteiger partial charge in [0, 0.05) is 44.9 Å². The highest BCUT2D eigenvalue weighted by atomic mass is 35.5. The van der Waals surface area contributed by atoms with E-state index in [0.717, 1.165) is 26.2 Å². The Bertz CT molecular complexity index is 605. The zero-order valence-electron chi connectivity index (χ0n) is 13.4. The molecule has 1 heterocycles. The van der Waals surface area contributed by atoms with Gasteiger partial charge in [0.25, 0.3) is 5.69 Å². The van der Waals surface area contributed by atoms with Gasteiger partial charge in [-0.15, -0.1) is 0 Å². The summed E-state index contributed by atoms with van der Waals surface area (Å²) in [6.07, 6.45) is 0. The van der Waals surface area contributed by atoms with Crippen molar-refractivity contribution >= 4 is 28.9 Å². The van der Waals surface area contributed by atoms with Crippen molar-refractivity contribution in [1.29, 1.82) is 0 Å². The van der Waals surface area contributed by atoms with Crippen LogP contribution in [0.2, 0.25) is 5.02 Å². The summed E-state index contributed by atoms with van der Waals surface area (Å²) < 4.78 is 0. The average molecular weight is 357 g/mol. The van der Waals surface area contributed by atoms with Gasteiger partial charge in [0.1, 0.15) is 0 Å². The molecule has 1 aromatic rings. The summed E-state index contributed by atoms with van der Waals surface area (Å²) in [6, 6.07) is 3.57. The lowest BCUT2D eigenvalue weighted by molar-refractivity contribution is -0.384. The minimum absolute atomic E-state index is 0.125. The number of carbonyl (C=O) groups excluding carboxylic acids is 1. The molecule has 1 unspecified atom stereocenters. The minimum Gasteiger partial charge on any atom is -0.395 e. The van der Waals surface area contributed by atoms with Crippen LogP contribution in [0.4, 0.5) is 11.4 Å². The Kier molecular flexibility index (Phi) is 6.50. The maximum Gasteiger partial charge on any atom is 0.271 e. The Morgan fingerprint density at radius 2 is 2.08 bits per heavy atom. The molecule has 0 radical (unpaired) electrons. The number of halogens is 1. The fraction of sp³-hybridized carbons (Fsp3) is 0.533. The van der Waals surface area contributed by atoms with Crippen LogP contribution in [0.15, 0.2) is 18.2 Å². The highest BCUT2D eigenvalue weighted by Gasteiger charge is 2.26. The molecule has 0 bridgehead atoms. The fourth-order valence-electron chi connectivity index (χ4n) is 2.64. The van der Waals surface area contributed by atoms with Crippen LogP contribution in [0.1, 0.15) is 6.92 Å². The number of hydrogen-bond acceptors (Lipinski definition) is 6. The molecule has 1 saturated heterocycles. The van der Waals surface area contributed by atoms with Crippen LogP contribution in [-0.2, 0) is 4.79 Å². The lowest BCUT2D eigenvalue weighted by Crippen LogP contribution is -2.53. The first-order valence-corrected chi connectivity index (χ1v) is 8.12. The lowest BCUT2D eigenvalue weighted by Gasteiger charge is -2.37. The van der Waals surface area contributed by atoms with E-state index in [2.05, 4.69) is 10.2 Å². The molecule has 132 valence electrons. The molecule has 1 fully saturated rings. The minimum atomic E-state index is -0.532. The first-order valence-electron chi connectivity index (χ1n) is 7.74. The van der Waals surface area contributed by atoms with Gasteiger partial charge >= 0.3 is 0 Å². The molecule has 2 N–H and O–H groups in total. The van der Waals surface area contributed by atoms with Gasteiger partial charge < -0.3 is 10.4 Å². The summed E-state index contributed by atoms with van der Waals surface area (Å²) in [6.45, 7) is 5.57. The standard InChI is InChI=1S/C15H21ClN4O4/c1-11(19-6-4-18(5-7-19)8-9-21)15(22)17-14-10-12(20(23)24)2-3-13(14)16/h2-3,10-11,21H,4-9H2,1H3,(H,17,22). The first-order chi connectivity index (χ1) is 11.4. The van der Waals surface area contributed by atoms with Crippen LogP contribution < -0.4 is 5.32 Å². The molecule has 1 aliphatic rings. The van der Waals surface area contributed by atoms with Crippen molar-refractivity contribution in [2.24, 2.45) is 0 Å². The van der Waals surface area contributed by atoms with Crippen LogP contribution in [0, 0.1) is 10.1 Å². The Labute approximate surface area is 145 Å². The van der Waals surface area contributed by atoms with E-state index in [9.17, 15) is 14.9 Å². The molecular weight excluding hydrogens is 336 g/mol. The van der Waals surface area contributed by atoms with Crippen molar-refractivity contribution in [2.45, 2.75) is 13.0 Å². The number of β-amino-alcohol motifs (C(OH)–C–C–N with tert-alkyl or cyclic N) is 1. The molecule has 1 amide bonds. The predicted molar refractivity (Wildman–Crippen MR) is 91.3 cm³/mol. The molecule has 8 nitrogen and oxygen atoms in total. The van der Waals surface area contributed by atoms with E-state index >= 15 is 0 Å². The van der Waals surface area contributed by atoms with E-state index in [0.29, 0.717) is 6.54 Å². The zero-order valence-corrected chi connectivity index (χ0v) is 14.2. The molecule has 2 rings (SSSR count). The predicted octanol–water partition coefficient (Wildman–Crippen LogP) is 1.19. The molecule has 1 atom stereocenters. The van der Waals surface area contributed by atoms with Crippen molar-refractivity contribution < 1.29 is 14.8 Å². The van der Waals surface area contributed by atoms with E-state index in [1.54, 1.807) is 6.92 Å². The zero-order chi connectivity index (χ0) is 17.7. The molecule has 9 heteroatoms. The second-order valence-corrected chi connectivity index (χ2v) is 6.09. The van der Waals surface area contributed by atoms with Crippen LogP contribution in [0.5, 0.6) is 0 Å². The summed E-state index contributed by atoms with van der Waals surface area (Å²) in [5.41, 5.74) is 0.113. The second-order valence-electron chi connectivity index (χ2n) is 5.69. The number of rotatable bonds is 6. The summed E-state index contributed by atoms with van der Waals surface area (Å²) in [5.74, 6) is -0.256. The number of aliphatic hydroxyl groups is 1. The number of aliphatic hydroxyl groups excluding tert-OH is 1. The number of nitrogens with zero attached hydrogens (tertiary/aromatic N) is 3. The van der Waals surface area contributed by atoms with Gasteiger partial charge in [0.05, 0.1) is 28.3 Å². The van der Waals surface area contributed by atoms with Gasteiger partial charge in [0.2, 0.25) is 5.91 Å². The Balaban J connectivity index is 1.97. The number of non-ortho nitro benzene ring substituents is 1. The van der Waals surface area contributed by atoms with E-state index in [1.807, 2.05) is 4.90 Å². The van der Waals surface area contributed by atoms with Crippen molar-refractivity contribution in [3.8, 4) is 0 Å². The molecule has 1 aliphatic heterocycles. The number of anilines is 1. The third kappa shape index (κ3) is 4.64. The van der Waals surface area contributed by atoms with Gasteiger partial charge in [-0.05, 0) is 13.0 Å². The number of amides is 1. The summed E-state index contributed by atoms with van der Waals surface area (Å²) in [4.78, 5) is 26.9.